The van der Waals surface area contributed by atoms with Crippen molar-refractivity contribution in [3.8, 4) is 17.1 Å². The number of carboxylic acids is 1. The Kier molecular flexibility index (Phi) is 9.59. The topological polar surface area (TPSA) is 316 Å². The van der Waals surface area contributed by atoms with Gasteiger partial charge < -0.3 is 9.84 Å². The van der Waals surface area contributed by atoms with Gasteiger partial charge in [0.15, 0.2) is 0 Å². The summed E-state index contributed by atoms with van der Waals surface area (Å²) in [5, 5.41) is 20.4. The molecule has 0 atom stereocenters. The van der Waals surface area contributed by atoms with E-state index >= 15 is 0 Å². The summed E-state index contributed by atoms with van der Waals surface area (Å²) < 4.78 is 151. The van der Waals surface area contributed by atoms with E-state index in [1.807, 2.05) is 0 Å². The molecular formula is C43H30N8O15S4. The zero-order chi connectivity index (χ0) is 49.6. The molecule has 5 N–H and O–H groups in total. The number of aromatic nitrogens is 6. The SMILES string of the molecule is CCOc1cc(N=Nc2ccc(/C=C\c3ccc(-n4n5c6cc(S(=O)(=O)O)c7ccccc7c6n45)cc3S(=O)(=O)O)c(S(=O)(=O)O)c2)c(C(=O)O)cc1-n1n2c3ccc4cc(S(=O)(=O)O)ccc4c3n12. The lowest BCUT2D eigenvalue weighted by Gasteiger charge is -2.10. The molecule has 11 aromatic rings. The van der Waals surface area contributed by atoms with Crippen molar-refractivity contribution in [3.05, 3.63) is 126 Å². The number of rotatable bonds is 13. The molecule has 0 saturated carbocycles. The number of nitrogens with zero attached hydrogens (tertiary/aromatic N) is 8. The van der Waals surface area contributed by atoms with Crippen LogP contribution in [0.4, 0.5) is 11.4 Å². The molecule has 27 heteroatoms. The Morgan fingerprint density at radius 1 is 0.586 bits per heavy atom. The van der Waals surface area contributed by atoms with Crippen molar-refractivity contribution in [3.63, 3.8) is 0 Å². The van der Waals surface area contributed by atoms with E-state index in [9.17, 15) is 61.8 Å². The van der Waals surface area contributed by atoms with Crippen molar-refractivity contribution in [2.45, 2.75) is 26.5 Å². The highest BCUT2D eigenvalue weighted by Gasteiger charge is 2.32. The molecule has 0 amide bonds. The normalized spacial score (nSPS) is 13.4. The van der Waals surface area contributed by atoms with Crippen molar-refractivity contribution >= 4 is 114 Å². The van der Waals surface area contributed by atoms with Crippen molar-refractivity contribution in [1.82, 2.24) is 28.1 Å². The van der Waals surface area contributed by atoms with Crippen LogP contribution in [-0.4, -0.2) is 97.7 Å². The average molecular weight is 1030 g/mol. The van der Waals surface area contributed by atoms with Crippen LogP contribution in [-0.2, 0) is 40.5 Å². The van der Waals surface area contributed by atoms with Gasteiger partial charge in [0, 0.05) is 22.2 Å². The fraction of sp³-hybridized carbons (Fsp3) is 0.0465. The van der Waals surface area contributed by atoms with E-state index in [0.29, 0.717) is 38.2 Å². The Balaban J connectivity index is 0.915. The van der Waals surface area contributed by atoms with E-state index < -0.39 is 56.2 Å². The molecule has 0 aliphatic carbocycles. The predicted molar refractivity (Wildman–Crippen MR) is 250 cm³/mol. The minimum Gasteiger partial charge on any atom is -0.491 e. The maximum atomic E-state index is 12.7. The molecule has 70 heavy (non-hydrogen) atoms. The van der Waals surface area contributed by atoms with Gasteiger partial charge in [-0.2, -0.15) is 43.6 Å². The number of benzene rings is 7. The van der Waals surface area contributed by atoms with Crippen molar-refractivity contribution in [2.75, 3.05) is 6.61 Å². The van der Waals surface area contributed by atoms with Gasteiger partial charge in [0.1, 0.15) is 53.9 Å². The van der Waals surface area contributed by atoms with Crippen molar-refractivity contribution < 1.29 is 66.5 Å². The minimum absolute atomic E-state index is 0.0995. The van der Waals surface area contributed by atoms with E-state index in [-0.39, 0.29) is 67.0 Å². The van der Waals surface area contributed by atoms with Crippen LogP contribution in [0, 0.1) is 0 Å². The number of ether oxygens (including phenoxy) is 1. The summed E-state index contributed by atoms with van der Waals surface area (Å²) >= 11 is 0. The fourth-order valence-corrected chi connectivity index (χ4v) is 11.2. The fourth-order valence-electron chi connectivity index (χ4n) is 8.56. The molecule has 0 aliphatic rings. The highest BCUT2D eigenvalue weighted by Crippen LogP contribution is 2.40. The molecule has 11 rings (SSSR count). The smallest absolute Gasteiger partial charge is 0.338 e. The molecule has 0 radical (unpaired) electrons. The largest absolute Gasteiger partial charge is 0.491 e. The second-order valence-electron chi connectivity index (χ2n) is 15.8. The lowest BCUT2D eigenvalue weighted by Crippen LogP contribution is -2.03. The second kappa shape index (κ2) is 15.1. The third-order valence-electron chi connectivity index (χ3n) is 11.6. The molecule has 4 aromatic heterocycles. The molecule has 23 nitrogen and oxygen atoms in total. The van der Waals surface area contributed by atoms with Gasteiger partial charge in [-0.25, -0.2) is 4.79 Å². The average Bonchev–Trinajstić information content (AvgIpc) is 4.15. The Morgan fingerprint density at radius 2 is 1.21 bits per heavy atom. The molecule has 0 aliphatic heterocycles. The van der Waals surface area contributed by atoms with Gasteiger partial charge in [-0.15, -0.1) is 28.4 Å². The van der Waals surface area contributed by atoms with Crippen molar-refractivity contribution in [2.24, 2.45) is 10.2 Å². The number of aromatic carboxylic acids is 1. The van der Waals surface area contributed by atoms with Crippen LogP contribution in [0.5, 0.6) is 5.75 Å². The van der Waals surface area contributed by atoms with Gasteiger partial charge in [0.25, 0.3) is 40.5 Å². The highest BCUT2D eigenvalue weighted by molar-refractivity contribution is 7.86. The predicted octanol–water partition coefficient (Wildman–Crippen LogP) is 7.13. The quantitative estimate of drug-likeness (QED) is 0.0436. The molecule has 0 unspecified atom stereocenters. The van der Waals surface area contributed by atoms with Gasteiger partial charge in [-0.05, 0) is 78.0 Å². The first-order valence-electron chi connectivity index (χ1n) is 20.3. The second-order valence-corrected chi connectivity index (χ2v) is 21.4. The van der Waals surface area contributed by atoms with Crippen LogP contribution < -0.4 is 4.74 Å². The maximum absolute atomic E-state index is 12.7. The summed E-state index contributed by atoms with van der Waals surface area (Å²) in [4.78, 5) is 13.9. The Hall–Kier alpha value is -7.89. The number of hydrogen-bond acceptors (Lipinski definition) is 12. The van der Waals surface area contributed by atoms with E-state index in [4.69, 9.17) is 4.74 Å². The summed E-state index contributed by atoms with van der Waals surface area (Å²) in [5.41, 5.74) is 1.92. The van der Waals surface area contributed by atoms with Crippen LogP contribution in [0.1, 0.15) is 28.4 Å². The number of azo groups is 1. The van der Waals surface area contributed by atoms with E-state index in [2.05, 4.69) is 10.2 Å². The summed E-state index contributed by atoms with van der Waals surface area (Å²) in [6.07, 6.45) is 2.35. The zero-order valence-electron chi connectivity index (χ0n) is 35.3. The summed E-state index contributed by atoms with van der Waals surface area (Å²) in [5.74, 6) is -1.22. The van der Waals surface area contributed by atoms with Gasteiger partial charge in [-0.3, -0.25) is 18.2 Å². The van der Waals surface area contributed by atoms with Crippen molar-refractivity contribution in [1.29, 1.82) is 0 Å². The number of fused-ring (bicyclic) bond motifs is 12. The van der Waals surface area contributed by atoms with Crippen LogP contribution in [0.15, 0.2) is 139 Å². The standard InChI is InChI=1S/C43H30N8O15S4/c1-2-66-37-21-33(32(43(52)53)20-35(37)48-47-34-16-11-25-17-28(67(54,55)56)14-15-29(25)41(34)51(47)48)45-44-26-12-9-23(38(18-26)68(57,58)59)7-8-24-10-13-27(19-39(24)69(60,61)62)46-49-36-22-40(70(63,64)65)30-5-3-4-6-31(30)42(36)50(46)49/h3-22H,2H2,1H3,(H,52,53)(H,54,55,56)(H,57,58,59)(H,60,61,62)(H,63,64,65)/b8-7-,45-44?. The van der Waals surface area contributed by atoms with E-state index in [0.717, 1.165) is 12.1 Å². The zero-order valence-corrected chi connectivity index (χ0v) is 38.5. The number of carboxylic acid groups (broad SMARTS) is 1. The maximum Gasteiger partial charge on any atom is 0.338 e. The van der Waals surface area contributed by atoms with Gasteiger partial charge >= 0.3 is 5.97 Å². The number of carbonyl (C=O) groups is 1. The molecule has 0 bridgehead atoms. The third-order valence-corrected chi connectivity index (χ3v) is 15.2. The lowest BCUT2D eigenvalue weighted by molar-refractivity contribution is 0.0697. The molecular weight excluding hydrogens is 997 g/mol. The molecule has 0 saturated heterocycles. The monoisotopic (exact) mass is 1030 g/mol. The molecule has 0 fully saturated rings. The van der Waals surface area contributed by atoms with Gasteiger partial charge in [0.05, 0.1) is 28.4 Å². The van der Waals surface area contributed by atoms with E-state index in [1.54, 1.807) is 62.0 Å². The van der Waals surface area contributed by atoms with Crippen LogP contribution in [0.25, 0.3) is 67.1 Å². The van der Waals surface area contributed by atoms with Gasteiger partial charge in [0.2, 0.25) is 0 Å². The highest BCUT2D eigenvalue weighted by atomic mass is 32.2. The molecule has 4 heterocycles. The van der Waals surface area contributed by atoms with Crippen LogP contribution in [0.3, 0.4) is 0 Å². The minimum atomic E-state index is -5.00. The van der Waals surface area contributed by atoms with Crippen LogP contribution in [0.2, 0.25) is 0 Å². The third kappa shape index (κ3) is 7.09. The van der Waals surface area contributed by atoms with E-state index in [1.165, 1.54) is 82.2 Å². The summed E-state index contributed by atoms with van der Waals surface area (Å²) in [6, 6.07) is 25.3. The summed E-state index contributed by atoms with van der Waals surface area (Å²) in [6.45, 7) is 1.85. The van der Waals surface area contributed by atoms with Crippen LogP contribution >= 0.6 is 0 Å². The molecule has 7 aromatic carbocycles. The Labute approximate surface area is 392 Å². The first kappa shape index (κ1) is 44.6. The Morgan fingerprint density at radius 3 is 1.87 bits per heavy atom. The molecule has 356 valence electrons. The number of hydrogen-bond donors (Lipinski definition) is 5. The first-order valence-corrected chi connectivity index (χ1v) is 26.1. The molecule has 0 spiro atoms. The first-order chi connectivity index (χ1) is 33.0. The van der Waals surface area contributed by atoms with Gasteiger partial charge in [-0.1, -0.05) is 60.7 Å². The Bertz CT molecular complexity index is 4590. The summed E-state index contributed by atoms with van der Waals surface area (Å²) in [7, 11) is -19.0. The lowest BCUT2D eigenvalue weighted by atomic mass is 10.1.